The molecule has 0 radical (unpaired) electrons. The normalized spacial score (nSPS) is 10.1. The van der Waals surface area contributed by atoms with Crippen LogP contribution in [0.3, 0.4) is 0 Å². The number of non-ortho nitro benzene ring substituents is 1. The fourth-order valence-electron chi connectivity index (χ4n) is 1.51. The number of nitro groups is 1. The van der Waals surface area contributed by atoms with Crippen LogP contribution in [0.25, 0.3) is 0 Å². The first-order chi connectivity index (χ1) is 9.47. The number of amides is 1. The summed E-state index contributed by atoms with van der Waals surface area (Å²) in [6.45, 7) is 0. The summed E-state index contributed by atoms with van der Waals surface area (Å²) in [5, 5.41) is 13.8. The Morgan fingerprint density at radius 3 is 2.25 bits per heavy atom. The Morgan fingerprint density at radius 1 is 1.05 bits per heavy atom. The SMILES string of the molecule is O=C(Nc1ccc([N+](=O)[O-])cc1)c1ccc(Cl)c(Cl)c1. The second-order valence-corrected chi connectivity index (χ2v) is 4.70. The van der Waals surface area contributed by atoms with Crippen LogP contribution in [-0.4, -0.2) is 10.8 Å². The molecular weight excluding hydrogens is 303 g/mol. The third-order valence-corrected chi connectivity index (χ3v) is 3.26. The van der Waals surface area contributed by atoms with Gasteiger partial charge in [0.15, 0.2) is 0 Å². The highest BCUT2D eigenvalue weighted by Gasteiger charge is 2.10. The Morgan fingerprint density at radius 2 is 1.70 bits per heavy atom. The van der Waals surface area contributed by atoms with Crippen molar-refractivity contribution in [1.82, 2.24) is 0 Å². The Kier molecular flexibility index (Phi) is 4.22. The molecule has 0 fully saturated rings. The van der Waals surface area contributed by atoms with E-state index in [9.17, 15) is 14.9 Å². The van der Waals surface area contributed by atoms with Crippen LogP contribution in [0.2, 0.25) is 10.0 Å². The Bertz CT molecular complexity index is 672. The zero-order valence-electron chi connectivity index (χ0n) is 9.97. The second kappa shape index (κ2) is 5.90. The predicted octanol–water partition coefficient (Wildman–Crippen LogP) is 4.15. The number of hydrogen-bond donors (Lipinski definition) is 1. The molecule has 0 unspecified atom stereocenters. The highest BCUT2D eigenvalue weighted by molar-refractivity contribution is 6.42. The molecule has 0 heterocycles. The second-order valence-electron chi connectivity index (χ2n) is 3.89. The maximum absolute atomic E-state index is 11.9. The number of anilines is 1. The molecule has 0 aromatic heterocycles. The molecule has 0 aliphatic heterocycles. The van der Waals surface area contributed by atoms with E-state index in [1.165, 1.54) is 42.5 Å². The van der Waals surface area contributed by atoms with Crippen LogP contribution in [0, 0.1) is 10.1 Å². The third-order valence-electron chi connectivity index (χ3n) is 2.52. The van der Waals surface area contributed by atoms with Gasteiger partial charge in [0.2, 0.25) is 0 Å². The minimum Gasteiger partial charge on any atom is -0.322 e. The molecule has 102 valence electrons. The number of carbonyl (C=O) groups is 1. The number of halogens is 2. The summed E-state index contributed by atoms with van der Waals surface area (Å²) in [6.07, 6.45) is 0. The Labute approximate surface area is 124 Å². The van der Waals surface area contributed by atoms with E-state index in [0.29, 0.717) is 16.3 Å². The van der Waals surface area contributed by atoms with Gasteiger partial charge in [-0.15, -0.1) is 0 Å². The quantitative estimate of drug-likeness (QED) is 0.683. The van der Waals surface area contributed by atoms with Crippen molar-refractivity contribution in [2.24, 2.45) is 0 Å². The molecule has 0 atom stereocenters. The van der Waals surface area contributed by atoms with Crippen molar-refractivity contribution in [3.8, 4) is 0 Å². The van der Waals surface area contributed by atoms with E-state index in [0.717, 1.165) is 0 Å². The lowest BCUT2D eigenvalue weighted by molar-refractivity contribution is -0.384. The van der Waals surface area contributed by atoms with Crippen molar-refractivity contribution >= 4 is 40.5 Å². The third kappa shape index (κ3) is 3.26. The molecule has 1 amide bonds. The molecule has 0 saturated carbocycles. The summed E-state index contributed by atoms with van der Waals surface area (Å²) < 4.78 is 0. The van der Waals surface area contributed by atoms with Gasteiger partial charge < -0.3 is 5.32 Å². The van der Waals surface area contributed by atoms with Gasteiger partial charge in [-0.05, 0) is 30.3 Å². The molecule has 0 aliphatic carbocycles. The fourth-order valence-corrected chi connectivity index (χ4v) is 1.81. The first-order valence-electron chi connectivity index (χ1n) is 5.48. The average Bonchev–Trinajstić information content (AvgIpc) is 2.42. The first-order valence-corrected chi connectivity index (χ1v) is 6.24. The topological polar surface area (TPSA) is 72.2 Å². The molecule has 2 aromatic carbocycles. The Balaban J connectivity index is 2.14. The fraction of sp³-hybridized carbons (Fsp3) is 0. The van der Waals surface area contributed by atoms with Crippen LogP contribution in [0.1, 0.15) is 10.4 Å². The van der Waals surface area contributed by atoms with Crippen molar-refractivity contribution < 1.29 is 9.72 Å². The monoisotopic (exact) mass is 310 g/mol. The van der Waals surface area contributed by atoms with Crippen LogP contribution in [0.15, 0.2) is 42.5 Å². The standard InChI is InChI=1S/C13H8Cl2N2O3/c14-11-6-1-8(7-12(11)15)13(18)16-9-2-4-10(5-3-9)17(19)20/h1-7H,(H,16,18). The zero-order valence-corrected chi connectivity index (χ0v) is 11.5. The molecule has 2 aromatic rings. The number of rotatable bonds is 3. The molecule has 20 heavy (non-hydrogen) atoms. The molecule has 2 rings (SSSR count). The largest absolute Gasteiger partial charge is 0.322 e. The van der Waals surface area contributed by atoms with E-state index in [1.54, 1.807) is 0 Å². The highest BCUT2D eigenvalue weighted by Crippen LogP contribution is 2.23. The lowest BCUT2D eigenvalue weighted by atomic mass is 10.2. The zero-order chi connectivity index (χ0) is 14.7. The molecule has 5 nitrogen and oxygen atoms in total. The van der Waals surface area contributed by atoms with E-state index in [2.05, 4.69) is 5.32 Å². The van der Waals surface area contributed by atoms with Crippen LogP contribution in [0.4, 0.5) is 11.4 Å². The average molecular weight is 311 g/mol. The van der Waals surface area contributed by atoms with Gasteiger partial charge in [0.1, 0.15) is 0 Å². The molecule has 0 bridgehead atoms. The van der Waals surface area contributed by atoms with Gasteiger partial charge in [-0.25, -0.2) is 0 Å². The van der Waals surface area contributed by atoms with Crippen molar-refractivity contribution in [2.75, 3.05) is 5.32 Å². The van der Waals surface area contributed by atoms with Crippen molar-refractivity contribution in [3.05, 3.63) is 68.2 Å². The van der Waals surface area contributed by atoms with Crippen molar-refractivity contribution in [1.29, 1.82) is 0 Å². The summed E-state index contributed by atoms with van der Waals surface area (Å²) >= 11 is 11.6. The minimum atomic E-state index is -0.509. The summed E-state index contributed by atoms with van der Waals surface area (Å²) in [4.78, 5) is 22.0. The van der Waals surface area contributed by atoms with Crippen molar-refractivity contribution in [3.63, 3.8) is 0 Å². The van der Waals surface area contributed by atoms with Gasteiger partial charge in [0.25, 0.3) is 11.6 Å². The minimum absolute atomic E-state index is 0.0439. The molecule has 0 saturated heterocycles. The lowest BCUT2D eigenvalue weighted by Gasteiger charge is -2.06. The van der Waals surface area contributed by atoms with Gasteiger partial charge in [-0.3, -0.25) is 14.9 Å². The molecular formula is C13H8Cl2N2O3. The number of nitro benzene ring substituents is 1. The molecule has 0 aliphatic rings. The van der Waals surface area contributed by atoms with Crippen LogP contribution < -0.4 is 5.32 Å². The van der Waals surface area contributed by atoms with Gasteiger partial charge >= 0.3 is 0 Å². The number of hydrogen-bond acceptors (Lipinski definition) is 3. The van der Waals surface area contributed by atoms with Gasteiger partial charge in [0, 0.05) is 23.4 Å². The van der Waals surface area contributed by atoms with Gasteiger partial charge in [-0.1, -0.05) is 23.2 Å². The first kappa shape index (κ1) is 14.3. The number of nitrogens with one attached hydrogen (secondary N) is 1. The van der Waals surface area contributed by atoms with E-state index >= 15 is 0 Å². The summed E-state index contributed by atoms with van der Waals surface area (Å²) in [6, 6.07) is 10.0. The number of nitrogens with zero attached hydrogens (tertiary/aromatic N) is 1. The maximum Gasteiger partial charge on any atom is 0.269 e. The number of benzene rings is 2. The van der Waals surface area contributed by atoms with Crippen LogP contribution >= 0.6 is 23.2 Å². The molecule has 1 N–H and O–H groups in total. The Hall–Kier alpha value is -2.11. The van der Waals surface area contributed by atoms with E-state index < -0.39 is 4.92 Å². The predicted molar refractivity (Wildman–Crippen MR) is 77.5 cm³/mol. The highest BCUT2D eigenvalue weighted by atomic mass is 35.5. The van der Waals surface area contributed by atoms with Crippen molar-refractivity contribution in [2.45, 2.75) is 0 Å². The van der Waals surface area contributed by atoms with E-state index in [1.807, 2.05) is 0 Å². The van der Waals surface area contributed by atoms with E-state index in [-0.39, 0.29) is 16.6 Å². The van der Waals surface area contributed by atoms with Gasteiger partial charge in [-0.2, -0.15) is 0 Å². The molecule has 7 heteroatoms. The maximum atomic E-state index is 11.9. The van der Waals surface area contributed by atoms with Crippen LogP contribution in [0.5, 0.6) is 0 Å². The van der Waals surface area contributed by atoms with Gasteiger partial charge in [0.05, 0.1) is 15.0 Å². The van der Waals surface area contributed by atoms with Crippen LogP contribution in [-0.2, 0) is 0 Å². The summed E-state index contributed by atoms with van der Waals surface area (Å²) in [5.74, 6) is -0.377. The summed E-state index contributed by atoms with van der Waals surface area (Å²) in [5.41, 5.74) is 0.752. The molecule has 0 spiro atoms. The smallest absolute Gasteiger partial charge is 0.269 e. The number of carbonyl (C=O) groups excluding carboxylic acids is 1. The summed E-state index contributed by atoms with van der Waals surface area (Å²) in [7, 11) is 0. The lowest BCUT2D eigenvalue weighted by Crippen LogP contribution is -2.11. The van der Waals surface area contributed by atoms with E-state index in [4.69, 9.17) is 23.2 Å².